The lowest BCUT2D eigenvalue weighted by Crippen LogP contribution is -2.22. The van der Waals surface area contributed by atoms with E-state index < -0.39 is 6.17 Å². The van der Waals surface area contributed by atoms with Crippen molar-refractivity contribution in [3.8, 4) is 6.07 Å². The van der Waals surface area contributed by atoms with E-state index in [0.717, 1.165) is 0 Å². The summed E-state index contributed by atoms with van der Waals surface area (Å²) in [7, 11) is 0. The van der Waals surface area contributed by atoms with Gasteiger partial charge in [0.05, 0.1) is 18.2 Å². The molecule has 0 amide bonds. The van der Waals surface area contributed by atoms with Gasteiger partial charge in [-0.05, 0) is 25.0 Å². The molecule has 0 bridgehead atoms. The van der Waals surface area contributed by atoms with Crippen molar-refractivity contribution in [2.75, 3.05) is 0 Å². The number of alkyl halides is 1. The number of nitrogens with zero attached hydrogens (tertiary/aromatic N) is 2. The quantitative estimate of drug-likeness (QED) is 0.639. The van der Waals surface area contributed by atoms with Crippen LogP contribution >= 0.6 is 0 Å². The zero-order valence-electron chi connectivity index (χ0n) is 7.53. The lowest BCUT2D eigenvalue weighted by molar-refractivity contribution is 0.167. The van der Waals surface area contributed by atoms with Crippen LogP contribution in [0.2, 0.25) is 0 Å². The van der Waals surface area contributed by atoms with Gasteiger partial charge in [-0.1, -0.05) is 0 Å². The topological polar surface area (TPSA) is 36.7 Å². The maximum Gasteiger partial charge on any atom is 0.141 e. The Morgan fingerprint density at radius 1 is 1.50 bits per heavy atom. The van der Waals surface area contributed by atoms with Crippen LogP contribution in [0.25, 0.3) is 0 Å². The lowest BCUT2D eigenvalue weighted by atomic mass is 9.85. The first-order chi connectivity index (χ1) is 6.72. The normalized spacial score (nSPS) is 23.8. The van der Waals surface area contributed by atoms with Crippen molar-refractivity contribution in [1.82, 2.24) is 4.98 Å². The Morgan fingerprint density at radius 3 is 2.43 bits per heavy atom. The van der Waals surface area contributed by atoms with Crippen molar-refractivity contribution >= 4 is 0 Å². The molecule has 0 radical (unpaired) electrons. The molecule has 1 aliphatic rings. The van der Waals surface area contributed by atoms with E-state index in [4.69, 9.17) is 5.26 Å². The first-order valence-corrected chi connectivity index (χ1v) is 4.31. The van der Waals surface area contributed by atoms with Gasteiger partial charge < -0.3 is 0 Å². The van der Waals surface area contributed by atoms with E-state index in [1.807, 2.05) is 6.07 Å². The highest BCUT2D eigenvalue weighted by Crippen LogP contribution is 2.28. The predicted molar refractivity (Wildman–Crippen MR) is 47.4 cm³/mol. The van der Waals surface area contributed by atoms with Gasteiger partial charge in [-0.3, -0.25) is 4.98 Å². The van der Waals surface area contributed by atoms with Gasteiger partial charge in [0.2, 0.25) is 0 Å². The molecule has 0 saturated heterocycles. The number of nitriles is 1. The number of hydrogen-bond acceptors (Lipinski definition) is 2. The van der Waals surface area contributed by atoms with E-state index in [2.05, 4.69) is 4.98 Å². The first-order valence-electron chi connectivity index (χ1n) is 4.31. The fourth-order valence-electron chi connectivity index (χ4n) is 0.996. The maximum atomic E-state index is 11.8. The molecule has 2 rings (SSSR count). The lowest BCUT2D eigenvalue weighted by Gasteiger charge is -2.22. The Labute approximate surface area is 81.2 Å². The molecule has 0 atom stereocenters. The number of pyridine rings is 1. The van der Waals surface area contributed by atoms with Crippen molar-refractivity contribution in [2.45, 2.75) is 19.0 Å². The third kappa shape index (κ3) is 3.48. The van der Waals surface area contributed by atoms with Crippen molar-refractivity contribution in [1.29, 1.82) is 5.26 Å². The molecule has 0 aromatic carbocycles. The molecule has 0 N–H and O–H groups in total. The minimum atomic E-state index is -0.676. The summed E-state index contributed by atoms with van der Waals surface area (Å²) < 4.78 is 23.6. The molecule has 1 aliphatic carbocycles. The van der Waals surface area contributed by atoms with E-state index in [1.165, 1.54) is 18.5 Å². The zero-order chi connectivity index (χ0) is 10.4. The molecule has 1 aromatic heterocycles. The molecule has 1 saturated carbocycles. The minimum Gasteiger partial charge on any atom is -0.262 e. The van der Waals surface area contributed by atoms with Crippen LogP contribution < -0.4 is 0 Å². The Kier molecular flexibility index (Phi) is 3.99. The SMILES string of the molecule is Fc1cccnc1.N#CC1CC(F)C1. The second-order valence-electron chi connectivity index (χ2n) is 3.07. The van der Waals surface area contributed by atoms with Crippen molar-refractivity contribution in [3.05, 3.63) is 30.3 Å². The molecule has 0 spiro atoms. The molecule has 0 aliphatic heterocycles. The van der Waals surface area contributed by atoms with Gasteiger partial charge in [0.15, 0.2) is 0 Å². The van der Waals surface area contributed by atoms with E-state index >= 15 is 0 Å². The van der Waals surface area contributed by atoms with Gasteiger partial charge >= 0.3 is 0 Å². The molecule has 4 heteroatoms. The van der Waals surface area contributed by atoms with Crippen LogP contribution in [0.3, 0.4) is 0 Å². The highest BCUT2D eigenvalue weighted by atomic mass is 19.1. The number of aromatic nitrogens is 1. The summed E-state index contributed by atoms with van der Waals surface area (Å²) in [6, 6.07) is 4.90. The molecule has 1 aromatic rings. The van der Waals surface area contributed by atoms with Gasteiger partial charge in [0, 0.05) is 6.20 Å². The van der Waals surface area contributed by atoms with E-state index in [1.54, 1.807) is 6.07 Å². The van der Waals surface area contributed by atoms with Crippen LogP contribution in [0.1, 0.15) is 12.8 Å². The Morgan fingerprint density at radius 2 is 2.21 bits per heavy atom. The zero-order valence-corrected chi connectivity index (χ0v) is 7.53. The third-order valence-electron chi connectivity index (χ3n) is 1.89. The maximum absolute atomic E-state index is 11.8. The van der Waals surface area contributed by atoms with Crippen LogP contribution in [0.5, 0.6) is 0 Å². The standard InChI is InChI=1S/C5H6FN.C5H4FN/c6-5-1-4(2-5)3-7;6-5-2-1-3-7-4-5/h4-5H,1-2H2;1-4H. The summed E-state index contributed by atoms with van der Waals surface area (Å²) in [6.07, 6.45) is 2.96. The molecule has 74 valence electrons. The van der Waals surface area contributed by atoms with Gasteiger partial charge in [-0.15, -0.1) is 0 Å². The van der Waals surface area contributed by atoms with E-state index in [9.17, 15) is 8.78 Å². The van der Waals surface area contributed by atoms with Crippen molar-refractivity contribution in [3.63, 3.8) is 0 Å². The summed E-state index contributed by atoms with van der Waals surface area (Å²) in [5.41, 5.74) is 0. The molecular formula is C10H10F2N2. The highest BCUT2D eigenvalue weighted by molar-refractivity contribution is 4.94. The van der Waals surface area contributed by atoms with Crippen molar-refractivity contribution in [2.24, 2.45) is 5.92 Å². The molecular weight excluding hydrogens is 186 g/mol. The smallest absolute Gasteiger partial charge is 0.141 e. The van der Waals surface area contributed by atoms with Crippen LogP contribution in [0.15, 0.2) is 24.5 Å². The summed E-state index contributed by atoms with van der Waals surface area (Å²) in [5, 5.41) is 8.09. The summed E-state index contributed by atoms with van der Waals surface area (Å²) >= 11 is 0. The number of hydrogen-bond donors (Lipinski definition) is 0. The second-order valence-corrected chi connectivity index (χ2v) is 3.07. The van der Waals surface area contributed by atoms with Crippen LogP contribution in [0, 0.1) is 23.1 Å². The predicted octanol–water partition coefficient (Wildman–Crippen LogP) is 2.48. The first kappa shape index (κ1) is 10.6. The summed E-state index contributed by atoms with van der Waals surface area (Å²) in [4.78, 5) is 3.51. The number of rotatable bonds is 0. The molecule has 14 heavy (non-hydrogen) atoms. The summed E-state index contributed by atoms with van der Waals surface area (Å²) in [6.45, 7) is 0. The van der Waals surface area contributed by atoms with Crippen molar-refractivity contribution < 1.29 is 8.78 Å². The Balaban J connectivity index is 0.000000140. The molecule has 1 fully saturated rings. The van der Waals surface area contributed by atoms with Gasteiger partial charge in [0.25, 0.3) is 0 Å². The fraction of sp³-hybridized carbons (Fsp3) is 0.400. The van der Waals surface area contributed by atoms with Gasteiger partial charge in [0.1, 0.15) is 12.0 Å². The molecule has 0 unspecified atom stereocenters. The largest absolute Gasteiger partial charge is 0.262 e. The molecule has 2 nitrogen and oxygen atoms in total. The highest BCUT2D eigenvalue weighted by Gasteiger charge is 2.28. The minimum absolute atomic E-state index is 0.0231. The average molecular weight is 196 g/mol. The fourth-order valence-corrected chi connectivity index (χ4v) is 0.996. The number of halogens is 2. The monoisotopic (exact) mass is 196 g/mol. The average Bonchev–Trinajstić information content (AvgIpc) is 2.15. The van der Waals surface area contributed by atoms with Gasteiger partial charge in [-0.25, -0.2) is 8.78 Å². The Bertz CT molecular complexity index is 302. The summed E-state index contributed by atoms with van der Waals surface area (Å²) in [5.74, 6) is -0.266. The van der Waals surface area contributed by atoms with Crippen LogP contribution in [-0.2, 0) is 0 Å². The van der Waals surface area contributed by atoms with Gasteiger partial charge in [-0.2, -0.15) is 5.26 Å². The molecule has 1 heterocycles. The van der Waals surface area contributed by atoms with Crippen LogP contribution in [0.4, 0.5) is 8.78 Å². The Hall–Kier alpha value is -1.50. The van der Waals surface area contributed by atoms with Crippen LogP contribution in [-0.4, -0.2) is 11.2 Å². The van der Waals surface area contributed by atoms with E-state index in [0.29, 0.717) is 12.8 Å². The van der Waals surface area contributed by atoms with E-state index in [-0.39, 0.29) is 11.7 Å². The third-order valence-corrected chi connectivity index (χ3v) is 1.89. The second kappa shape index (κ2) is 5.28.